The van der Waals surface area contributed by atoms with Crippen LogP contribution in [-0.2, 0) is 0 Å². The van der Waals surface area contributed by atoms with Gasteiger partial charge in [-0.3, -0.25) is 4.98 Å². The van der Waals surface area contributed by atoms with Crippen molar-refractivity contribution in [2.75, 3.05) is 0 Å². The summed E-state index contributed by atoms with van der Waals surface area (Å²) in [5.41, 5.74) is 2.11. The molecule has 2 atom stereocenters. The van der Waals surface area contributed by atoms with Crippen molar-refractivity contribution in [3.05, 3.63) is 66.0 Å². The average molecular weight is 269 g/mol. The zero-order valence-electron chi connectivity index (χ0n) is 11.7. The van der Waals surface area contributed by atoms with Crippen LogP contribution < -0.4 is 10.6 Å². The van der Waals surface area contributed by atoms with E-state index in [-0.39, 0.29) is 18.1 Å². The molecule has 104 valence electrons. The van der Waals surface area contributed by atoms with Crippen LogP contribution in [0.3, 0.4) is 0 Å². The summed E-state index contributed by atoms with van der Waals surface area (Å²) in [5, 5.41) is 5.85. The molecule has 0 aliphatic rings. The fourth-order valence-electron chi connectivity index (χ4n) is 2.00. The average Bonchev–Trinajstić information content (AvgIpc) is 2.49. The Morgan fingerprint density at radius 1 is 0.900 bits per heavy atom. The van der Waals surface area contributed by atoms with Gasteiger partial charge in [-0.25, -0.2) is 4.79 Å². The molecule has 2 amide bonds. The SMILES string of the molecule is CC(NC(=O)NC(C)c1ccncc1)c1ccccc1. The van der Waals surface area contributed by atoms with E-state index in [2.05, 4.69) is 15.6 Å². The lowest BCUT2D eigenvalue weighted by atomic mass is 10.1. The number of hydrogen-bond acceptors (Lipinski definition) is 2. The van der Waals surface area contributed by atoms with Crippen molar-refractivity contribution in [2.45, 2.75) is 25.9 Å². The van der Waals surface area contributed by atoms with Crippen LogP contribution in [0.5, 0.6) is 0 Å². The Kier molecular flexibility index (Phi) is 4.71. The first-order valence-electron chi connectivity index (χ1n) is 6.68. The molecule has 0 saturated carbocycles. The Hall–Kier alpha value is -2.36. The minimum atomic E-state index is -0.175. The van der Waals surface area contributed by atoms with Crippen molar-refractivity contribution in [1.82, 2.24) is 15.6 Å². The number of nitrogens with zero attached hydrogens (tertiary/aromatic N) is 1. The van der Waals surface area contributed by atoms with Gasteiger partial charge in [0.15, 0.2) is 0 Å². The van der Waals surface area contributed by atoms with E-state index in [4.69, 9.17) is 0 Å². The molecule has 0 radical (unpaired) electrons. The van der Waals surface area contributed by atoms with E-state index in [1.54, 1.807) is 12.4 Å². The number of urea groups is 1. The van der Waals surface area contributed by atoms with E-state index >= 15 is 0 Å². The highest BCUT2D eigenvalue weighted by atomic mass is 16.2. The van der Waals surface area contributed by atoms with Gasteiger partial charge in [-0.1, -0.05) is 30.3 Å². The van der Waals surface area contributed by atoms with Gasteiger partial charge in [-0.15, -0.1) is 0 Å². The van der Waals surface area contributed by atoms with Crippen molar-refractivity contribution < 1.29 is 4.79 Å². The second-order valence-corrected chi connectivity index (χ2v) is 4.75. The third kappa shape index (κ3) is 3.82. The summed E-state index contributed by atoms with van der Waals surface area (Å²) in [6.07, 6.45) is 3.44. The largest absolute Gasteiger partial charge is 0.332 e. The normalized spacial score (nSPS) is 13.3. The van der Waals surface area contributed by atoms with Gasteiger partial charge in [-0.05, 0) is 37.1 Å². The van der Waals surface area contributed by atoms with Crippen LogP contribution in [-0.4, -0.2) is 11.0 Å². The van der Waals surface area contributed by atoms with Gasteiger partial charge in [0.05, 0.1) is 12.1 Å². The molecule has 0 spiro atoms. The number of carbonyl (C=O) groups excluding carboxylic acids is 1. The molecule has 4 heteroatoms. The molecule has 1 aromatic heterocycles. The van der Waals surface area contributed by atoms with Crippen molar-refractivity contribution in [1.29, 1.82) is 0 Å². The molecular weight excluding hydrogens is 250 g/mol. The zero-order valence-corrected chi connectivity index (χ0v) is 11.7. The summed E-state index contributed by atoms with van der Waals surface area (Å²) >= 11 is 0. The van der Waals surface area contributed by atoms with E-state index in [1.807, 2.05) is 56.3 Å². The van der Waals surface area contributed by atoms with Crippen LogP contribution in [0.4, 0.5) is 4.79 Å². The van der Waals surface area contributed by atoms with Crippen LogP contribution >= 0.6 is 0 Å². The van der Waals surface area contributed by atoms with Gasteiger partial charge >= 0.3 is 6.03 Å². The highest BCUT2D eigenvalue weighted by molar-refractivity contribution is 5.74. The predicted molar refractivity (Wildman–Crippen MR) is 79.2 cm³/mol. The summed E-state index contributed by atoms with van der Waals surface area (Å²) in [5.74, 6) is 0. The molecular formula is C16H19N3O. The smallest absolute Gasteiger partial charge is 0.315 e. The fourth-order valence-corrected chi connectivity index (χ4v) is 2.00. The maximum absolute atomic E-state index is 12.0. The molecule has 0 bridgehead atoms. The van der Waals surface area contributed by atoms with Gasteiger partial charge in [0.25, 0.3) is 0 Å². The van der Waals surface area contributed by atoms with Gasteiger partial charge in [-0.2, -0.15) is 0 Å². The number of aromatic nitrogens is 1. The predicted octanol–water partition coefficient (Wildman–Crippen LogP) is 3.20. The van der Waals surface area contributed by atoms with Crippen molar-refractivity contribution in [3.63, 3.8) is 0 Å². The second kappa shape index (κ2) is 6.70. The lowest BCUT2D eigenvalue weighted by Crippen LogP contribution is -2.38. The minimum absolute atomic E-state index is 0.0270. The number of nitrogens with one attached hydrogen (secondary N) is 2. The maximum Gasteiger partial charge on any atom is 0.315 e. The Morgan fingerprint density at radius 2 is 1.40 bits per heavy atom. The Balaban J connectivity index is 1.90. The summed E-state index contributed by atoms with van der Waals surface area (Å²) in [7, 11) is 0. The lowest BCUT2D eigenvalue weighted by molar-refractivity contribution is 0.235. The first kappa shape index (κ1) is 14.1. The minimum Gasteiger partial charge on any atom is -0.332 e. The molecule has 0 aliphatic carbocycles. The number of benzene rings is 1. The number of rotatable bonds is 4. The molecule has 0 aliphatic heterocycles. The molecule has 1 aromatic carbocycles. The highest BCUT2D eigenvalue weighted by Gasteiger charge is 2.12. The zero-order chi connectivity index (χ0) is 14.4. The summed E-state index contributed by atoms with van der Waals surface area (Å²) in [6, 6.07) is 13.4. The van der Waals surface area contributed by atoms with E-state index in [1.165, 1.54) is 0 Å². The molecule has 0 fully saturated rings. The van der Waals surface area contributed by atoms with Gasteiger partial charge in [0.1, 0.15) is 0 Å². The third-order valence-corrected chi connectivity index (χ3v) is 3.20. The first-order valence-corrected chi connectivity index (χ1v) is 6.68. The monoisotopic (exact) mass is 269 g/mol. The molecule has 4 nitrogen and oxygen atoms in total. The topological polar surface area (TPSA) is 54.0 Å². The van der Waals surface area contributed by atoms with Crippen LogP contribution in [0.15, 0.2) is 54.9 Å². The van der Waals surface area contributed by atoms with Crippen molar-refractivity contribution in [3.8, 4) is 0 Å². The number of hydrogen-bond donors (Lipinski definition) is 2. The van der Waals surface area contributed by atoms with Gasteiger partial charge in [0, 0.05) is 12.4 Å². The maximum atomic E-state index is 12.0. The molecule has 20 heavy (non-hydrogen) atoms. The molecule has 2 rings (SSSR count). The van der Waals surface area contributed by atoms with E-state index in [9.17, 15) is 4.79 Å². The Labute approximate surface area is 119 Å². The number of amides is 2. The van der Waals surface area contributed by atoms with E-state index in [0.717, 1.165) is 11.1 Å². The fraction of sp³-hybridized carbons (Fsp3) is 0.250. The van der Waals surface area contributed by atoms with Crippen LogP contribution in [0.1, 0.15) is 37.1 Å². The van der Waals surface area contributed by atoms with Crippen LogP contribution in [0.2, 0.25) is 0 Å². The van der Waals surface area contributed by atoms with E-state index in [0.29, 0.717) is 0 Å². The second-order valence-electron chi connectivity index (χ2n) is 4.75. The summed E-state index contributed by atoms with van der Waals surface area (Å²) in [4.78, 5) is 15.9. The summed E-state index contributed by atoms with van der Waals surface area (Å²) in [6.45, 7) is 3.91. The molecule has 2 unspecified atom stereocenters. The van der Waals surface area contributed by atoms with Crippen LogP contribution in [0, 0.1) is 0 Å². The van der Waals surface area contributed by atoms with Gasteiger partial charge < -0.3 is 10.6 Å². The number of carbonyl (C=O) groups is 1. The number of pyridine rings is 1. The molecule has 2 aromatic rings. The van der Waals surface area contributed by atoms with Gasteiger partial charge in [0.2, 0.25) is 0 Å². The van der Waals surface area contributed by atoms with Crippen molar-refractivity contribution in [2.24, 2.45) is 0 Å². The molecule has 2 N–H and O–H groups in total. The van der Waals surface area contributed by atoms with Crippen molar-refractivity contribution >= 4 is 6.03 Å². The van der Waals surface area contributed by atoms with Crippen LogP contribution in [0.25, 0.3) is 0 Å². The quantitative estimate of drug-likeness (QED) is 0.895. The Bertz CT molecular complexity index is 493. The highest BCUT2D eigenvalue weighted by Crippen LogP contribution is 2.12. The first-order chi connectivity index (χ1) is 9.66. The Morgan fingerprint density at radius 3 is 1.95 bits per heavy atom. The third-order valence-electron chi connectivity index (χ3n) is 3.20. The standard InChI is InChI=1S/C16H19N3O/c1-12(14-6-4-3-5-7-14)18-16(20)19-13(2)15-8-10-17-11-9-15/h3-13H,1-2H3,(H2,18,19,20). The molecule has 1 heterocycles. The lowest BCUT2D eigenvalue weighted by Gasteiger charge is -2.18. The summed E-state index contributed by atoms with van der Waals surface area (Å²) < 4.78 is 0. The van der Waals surface area contributed by atoms with E-state index < -0.39 is 0 Å². The molecule has 0 saturated heterocycles.